The van der Waals surface area contributed by atoms with Crippen molar-refractivity contribution in [2.45, 2.75) is 37.2 Å². The third-order valence-corrected chi connectivity index (χ3v) is 7.68. The summed E-state index contributed by atoms with van der Waals surface area (Å²) in [4.78, 5) is 22.2. The van der Waals surface area contributed by atoms with Crippen molar-refractivity contribution in [3.63, 3.8) is 0 Å². The number of nitrogens with zero attached hydrogens (tertiary/aromatic N) is 4. The number of alkyl halides is 3. The highest BCUT2D eigenvalue weighted by atomic mass is 19.4. The Kier molecular flexibility index (Phi) is 11.0. The number of carbonyl (C=O) groups excluding carboxylic acids is 1. The highest BCUT2D eigenvalue weighted by molar-refractivity contribution is 6.01. The summed E-state index contributed by atoms with van der Waals surface area (Å²) in [6.45, 7) is -0.162. The van der Waals surface area contributed by atoms with E-state index >= 15 is 0 Å². The first kappa shape index (κ1) is 34.7. The Balaban J connectivity index is 1.58. The van der Waals surface area contributed by atoms with Gasteiger partial charge in [-0.25, -0.2) is 9.38 Å². The third-order valence-electron chi connectivity index (χ3n) is 7.68. The molecule has 1 heterocycles. The zero-order chi connectivity index (χ0) is 34.9. The number of amides is 1. The lowest BCUT2D eigenvalue weighted by atomic mass is 9.83. The van der Waals surface area contributed by atoms with Crippen LogP contribution in [0.1, 0.15) is 46.8 Å². The van der Waals surface area contributed by atoms with Gasteiger partial charge in [0.15, 0.2) is 11.6 Å². The van der Waals surface area contributed by atoms with E-state index < -0.39 is 41.7 Å². The van der Waals surface area contributed by atoms with Crippen molar-refractivity contribution in [1.82, 2.24) is 5.32 Å². The number of benzene rings is 4. The van der Waals surface area contributed by atoms with Gasteiger partial charge in [0.2, 0.25) is 5.90 Å². The van der Waals surface area contributed by atoms with Gasteiger partial charge in [-0.1, -0.05) is 71.9 Å². The second kappa shape index (κ2) is 15.5. The molecule has 0 saturated heterocycles. The average molecular weight is 674 g/mol. The van der Waals surface area contributed by atoms with Crippen LogP contribution in [0.25, 0.3) is 16.5 Å². The van der Waals surface area contributed by atoms with E-state index in [1.54, 1.807) is 60.7 Å². The van der Waals surface area contributed by atoms with Crippen LogP contribution in [-0.4, -0.2) is 35.7 Å². The van der Waals surface area contributed by atoms with Gasteiger partial charge in [0.05, 0.1) is 12.2 Å². The molecule has 0 unspecified atom stereocenters. The molecular weight excluding hydrogens is 642 g/mol. The zero-order valence-corrected chi connectivity index (χ0v) is 26.0. The molecule has 49 heavy (non-hydrogen) atoms. The van der Waals surface area contributed by atoms with Crippen LogP contribution < -0.4 is 10.1 Å². The van der Waals surface area contributed by atoms with E-state index in [1.165, 1.54) is 0 Å². The van der Waals surface area contributed by atoms with Crippen LogP contribution in [0.4, 0.5) is 23.2 Å². The molecule has 13 heteroatoms. The Labute approximate surface area is 279 Å². The summed E-state index contributed by atoms with van der Waals surface area (Å²) < 4.78 is 66.6. The quantitative estimate of drug-likeness (QED) is 0.0487. The Bertz CT molecular complexity index is 1880. The number of nitrogens with one attached hydrogen (secondary N) is 1. The molecule has 2 N–H and O–H groups in total. The fraction of sp³-hybridized carbons (Fsp3) is 0.222. The number of hydrogen-bond acceptors (Lipinski definition) is 6. The van der Waals surface area contributed by atoms with Gasteiger partial charge < -0.3 is 19.9 Å². The first-order valence-corrected chi connectivity index (χ1v) is 15.2. The van der Waals surface area contributed by atoms with Crippen molar-refractivity contribution >= 4 is 23.6 Å². The summed E-state index contributed by atoms with van der Waals surface area (Å²) in [5.41, 5.74) is 8.09. The zero-order valence-electron chi connectivity index (χ0n) is 26.0. The number of azide groups is 1. The smallest absolute Gasteiger partial charge is 0.416 e. The lowest BCUT2D eigenvalue weighted by Gasteiger charge is -2.30. The number of ether oxygens (including phenoxy) is 2. The van der Waals surface area contributed by atoms with Crippen molar-refractivity contribution in [2.75, 3.05) is 13.2 Å². The highest BCUT2D eigenvalue weighted by Gasteiger charge is 2.53. The number of aliphatic imine (C=N–C) groups is 1. The molecule has 2 atom stereocenters. The van der Waals surface area contributed by atoms with Gasteiger partial charge in [-0.05, 0) is 59.1 Å². The van der Waals surface area contributed by atoms with Crippen LogP contribution in [-0.2, 0) is 22.3 Å². The van der Waals surface area contributed by atoms with E-state index in [0.717, 1.165) is 17.7 Å². The largest absolute Gasteiger partial charge is 0.494 e. The normalized spacial score (nSPS) is 17.2. The van der Waals surface area contributed by atoms with Gasteiger partial charge in [-0.15, -0.1) is 0 Å². The summed E-state index contributed by atoms with van der Waals surface area (Å²) >= 11 is 0. The molecule has 0 aliphatic carbocycles. The molecule has 0 spiro atoms. The summed E-state index contributed by atoms with van der Waals surface area (Å²) in [5.74, 6) is -1.21. The minimum absolute atomic E-state index is 0.0208. The van der Waals surface area contributed by atoms with E-state index in [2.05, 4.69) is 15.3 Å². The Morgan fingerprint density at radius 2 is 1.80 bits per heavy atom. The minimum atomic E-state index is -4.79. The molecule has 4 aromatic rings. The molecule has 252 valence electrons. The lowest BCUT2D eigenvalue weighted by molar-refractivity contribution is -0.137. The highest BCUT2D eigenvalue weighted by Crippen LogP contribution is 2.46. The van der Waals surface area contributed by atoms with Gasteiger partial charge >= 0.3 is 6.18 Å². The van der Waals surface area contributed by atoms with Crippen molar-refractivity contribution in [3.05, 3.63) is 147 Å². The van der Waals surface area contributed by atoms with E-state index in [1.807, 2.05) is 30.3 Å². The summed E-state index contributed by atoms with van der Waals surface area (Å²) in [7, 11) is 0. The van der Waals surface area contributed by atoms with Crippen LogP contribution in [0, 0.1) is 5.82 Å². The molecule has 4 aromatic carbocycles. The number of carbonyl (C=O) groups is 1. The summed E-state index contributed by atoms with van der Waals surface area (Å²) in [5, 5.41) is 15.5. The molecule has 0 aromatic heterocycles. The van der Waals surface area contributed by atoms with Crippen LogP contribution in [0.15, 0.2) is 113 Å². The molecule has 9 nitrogen and oxygen atoms in total. The monoisotopic (exact) mass is 673 g/mol. The molecule has 1 aliphatic heterocycles. The molecular formula is C36H31F4N5O4. The fourth-order valence-corrected chi connectivity index (χ4v) is 5.33. The van der Waals surface area contributed by atoms with Gasteiger partial charge in [0.25, 0.3) is 5.91 Å². The molecule has 5 rings (SSSR count). The van der Waals surface area contributed by atoms with E-state index in [0.29, 0.717) is 36.0 Å². The number of aliphatic hydroxyl groups is 1. The van der Waals surface area contributed by atoms with Gasteiger partial charge in [0.1, 0.15) is 11.6 Å². The SMILES string of the molecule is [N-]=[N+]=Nc1ccccc1[C@H]1OC(c2ccc(OCCCO)cc2)=N[C@@]1(C/C=C/c1ccccc1)C(=O)NCc1cc(F)cc(C(F)(F)F)c1. The van der Waals surface area contributed by atoms with Gasteiger partial charge in [0, 0.05) is 47.7 Å². The first-order chi connectivity index (χ1) is 23.6. The van der Waals surface area contributed by atoms with Crippen LogP contribution >= 0.6 is 0 Å². The maximum Gasteiger partial charge on any atom is 0.416 e. The van der Waals surface area contributed by atoms with Gasteiger partial charge in [-0.3, -0.25) is 4.79 Å². The van der Waals surface area contributed by atoms with E-state index in [9.17, 15) is 27.9 Å². The summed E-state index contributed by atoms with van der Waals surface area (Å²) in [6.07, 6.45) is -2.03. The molecule has 0 bridgehead atoms. The average Bonchev–Trinajstić information content (AvgIpc) is 3.48. The summed E-state index contributed by atoms with van der Waals surface area (Å²) in [6, 6.07) is 24.6. The molecule has 0 radical (unpaired) electrons. The standard InChI is InChI=1S/C36H31F4N5O4/c37-28-21-25(20-27(22-28)36(38,39)40)23-42-34(47)35(17-6-10-24-8-2-1-3-9-24)32(30-11-4-5-12-31(30)44-45-41)49-33(43-35)26-13-15-29(16-14-26)48-19-7-18-46/h1-6,8-16,20-22,32,46H,7,17-19,23H2,(H,42,47)/b10-6+/t32-,35-/m1/s1. The second-order valence-corrected chi connectivity index (χ2v) is 11.1. The second-order valence-electron chi connectivity index (χ2n) is 11.1. The molecule has 1 aliphatic rings. The predicted molar refractivity (Wildman–Crippen MR) is 175 cm³/mol. The molecule has 0 fully saturated rings. The Morgan fingerprint density at radius 3 is 2.51 bits per heavy atom. The van der Waals surface area contributed by atoms with Crippen molar-refractivity contribution in [2.24, 2.45) is 10.1 Å². The van der Waals surface area contributed by atoms with E-state index in [-0.39, 0.29) is 30.2 Å². The van der Waals surface area contributed by atoms with Crippen molar-refractivity contribution < 1.29 is 36.9 Å². The predicted octanol–water partition coefficient (Wildman–Crippen LogP) is 8.22. The third kappa shape index (κ3) is 8.45. The van der Waals surface area contributed by atoms with Crippen LogP contribution in [0.2, 0.25) is 0 Å². The first-order valence-electron chi connectivity index (χ1n) is 15.2. The molecule has 1 amide bonds. The number of hydrogen-bond donors (Lipinski definition) is 2. The topological polar surface area (TPSA) is 129 Å². The number of rotatable bonds is 13. The van der Waals surface area contributed by atoms with Gasteiger partial charge in [-0.2, -0.15) is 13.2 Å². The van der Waals surface area contributed by atoms with Crippen molar-refractivity contribution in [1.29, 1.82) is 0 Å². The number of halogens is 4. The number of aliphatic hydroxyl groups excluding tert-OH is 1. The van der Waals surface area contributed by atoms with Crippen LogP contribution in [0.3, 0.4) is 0 Å². The maximum atomic E-state index is 14.4. The molecule has 0 saturated carbocycles. The maximum absolute atomic E-state index is 14.4. The Hall–Kier alpha value is -5.65. The van der Waals surface area contributed by atoms with Crippen molar-refractivity contribution in [3.8, 4) is 5.75 Å². The van der Waals surface area contributed by atoms with E-state index in [4.69, 9.17) is 19.6 Å². The van der Waals surface area contributed by atoms with Crippen LogP contribution in [0.5, 0.6) is 5.75 Å². The lowest BCUT2D eigenvalue weighted by Crippen LogP contribution is -2.47. The minimum Gasteiger partial charge on any atom is -0.494 e. The Morgan fingerprint density at radius 1 is 1.06 bits per heavy atom. The fourth-order valence-electron chi connectivity index (χ4n) is 5.33.